The van der Waals surface area contributed by atoms with Crippen molar-refractivity contribution < 1.29 is 15.0 Å². The molecule has 0 radical (unpaired) electrons. The second-order valence-electron chi connectivity index (χ2n) is 3.24. The van der Waals surface area contributed by atoms with Crippen molar-refractivity contribution in [2.45, 2.75) is 66.1 Å². The van der Waals surface area contributed by atoms with Crippen LogP contribution < -0.4 is 5.73 Å². The molecule has 15 heavy (non-hydrogen) atoms. The van der Waals surface area contributed by atoms with E-state index in [4.69, 9.17) is 10.2 Å². The predicted octanol–water partition coefficient (Wildman–Crippen LogP) is 1.44. The Morgan fingerprint density at radius 2 is 1.47 bits per heavy atom. The van der Waals surface area contributed by atoms with Crippen molar-refractivity contribution >= 4 is 5.91 Å². The minimum absolute atomic E-state index is 0.245. The third-order valence-corrected chi connectivity index (χ3v) is 1.32. The van der Waals surface area contributed by atoms with E-state index in [1.807, 2.05) is 6.92 Å². The maximum absolute atomic E-state index is 9.59. The predicted molar refractivity (Wildman–Crippen MR) is 63.4 cm³/mol. The first-order valence-corrected chi connectivity index (χ1v) is 5.51. The summed E-state index contributed by atoms with van der Waals surface area (Å²) in [4.78, 5) is 9.59. The van der Waals surface area contributed by atoms with Crippen molar-refractivity contribution in [3.05, 3.63) is 0 Å². The summed E-state index contributed by atoms with van der Waals surface area (Å²) in [5.41, 5.74) is 4.65. The fourth-order valence-corrected chi connectivity index (χ4v) is 0.341. The number of hydrogen-bond acceptors (Lipinski definition) is 3. The molecule has 0 aromatic heterocycles. The fourth-order valence-electron chi connectivity index (χ4n) is 0.341. The minimum Gasteiger partial charge on any atom is -0.391 e. The van der Waals surface area contributed by atoms with Gasteiger partial charge >= 0.3 is 0 Å². The third-order valence-electron chi connectivity index (χ3n) is 1.32. The van der Waals surface area contributed by atoms with E-state index in [1.54, 1.807) is 13.8 Å². The molecule has 0 aromatic rings. The zero-order valence-corrected chi connectivity index (χ0v) is 10.7. The lowest BCUT2D eigenvalue weighted by atomic mass is 10.2. The van der Waals surface area contributed by atoms with Gasteiger partial charge in [0, 0.05) is 6.42 Å². The Hall–Kier alpha value is -0.610. The number of amides is 1. The second kappa shape index (κ2) is 15.8. The molecule has 0 aliphatic heterocycles. The Bertz CT molecular complexity index is 127. The quantitative estimate of drug-likeness (QED) is 0.674. The van der Waals surface area contributed by atoms with E-state index >= 15 is 0 Å². The van der Waals surface area contributed by atoms with E-state index in [1.165, 1.54) is 6.42 Å². The van der Waals surface area contributed by atoms with Crippen LogP contribution in [-0.2, 0) is 4.79 Å². The van der Waals surface area contributed by atoms with Crippen molar-refractivity contribution in [2.24, 2.45) is 5.73 Å². The highest BCUT2D eigenvalue weighted by Crippen LogP contribution is 1.94. The molecule has 94 valence electrons. The van der Waals surface area contributed by atoms with E-state index in [2.05, 4.69) is 19.6 Å². The standard InChI is InChI=1S/C5H12O2.C3H7NO.C3H8/c1-3-5(7)4(2)6;1-2-3(4)5;1-3-2/h4-7H,3H2,1-2H3;2H2,1H3,(H2,4,5);3H2,1-2H3. The molecule has 0 saturated carbocycles. The molecule has 0 aliphatic carbocycles. The van der Waals surface area contributed by atoms with Gasteiger partial charge < -0.3 is 15.9 Å². The molecule has 0 fully saturated rings. The molecular formula is C11H27NO3. The lowest BCUT2D eigenvalue weighted by molar-refractivity contribution is -0.117. The lowest BCUT2D eigenvalue weighted by Crippen LogP contribution is -2.20. The highest BCUT2D eigenvalue weighted by molar-refractivity contribution is 5.73. The van der Waals surface area contributed by atoms with Crippen LogP contribution in [0.25, 0.3) is 0 Å². The largest absolute Gasteiger partial charge is 0.391 e. The Labute approximate surface area is 93.5 Å². The average Bonchev–Trinajstić information content (AvgIpc) is 2.18. The number of rotatable bonds is 3. The van der Waals surface area contributed by atoms with Gasteiger partial charge in [0.15, 0.2) is 0 Å². The number of primary amides is 1. The number of aliphatic hydroxyl groups excluding tert-OH is 2. The minimum atomic E-state index is -0.579. The molecule has 4 heteroatoms. The Balaban J connectivity index is -0.000000158. The molecule has 2 unspecified atom stereocenters. The first-order valence-electron chi connectivity index (χ1n) is 5.51. The molecule has 0 heterocycles. The van der Waals surface area contributed by atoms with Crippen LogP contribution in [0.1, 0.15) is 53.9 Å². The molecule has 0 spiro atoms. The molecule has 4 nitrogen and oxygen atoms in total. The number of hydrogen-bond donors (Lipinski definition) is 3. The summed E-state index contributed by atoms with van der Waals surface area (Å²) in [5.74, 6) is -0.245. The zero-order valence-electron chi connectivity index (χ0n) is 10.7. The van der Waals surface area contributed by atoms with Crippen LogP contribution in [0.15, 0.2) is 0 Å². The zero-order chi connectivity index (χ0) is 12.9. The van der Waals surface area contributed by atoms with Crippen LogP contribution in [0.3, 0.4) is 0 Å². The summed E-state index contributed by atoms with van der Waals surface area (Å²) in [6.07, 6.45) is 1.20. The third kappa shape index (κ3) is 31.8. The smallest absolute Gasteiger partial charge is 0.217 e. The van der Waals surface area contributed by atoms with Gasteiger partial charge in [-0.2, -0.15) is 0 Å². The maximum atomic E-state index is 9.59. The normalized spacial score (nSPS) is 12.5. The number of carbonyl (C=O) groups is 1. The van der Waals surface area contributed by atoms with Gasteiger partial charge in [-0.1, -0.05) is 34.1 Å². The number of aliphatic hydroxyl groups is 2. The van der Waals surface area contributed by atoms with Gasteiger partial charge in [0.05, 0.1) is 12.2 Å². The van der Waals surface area contributed by atoms with Crippen molar-refractivity contribution in [3.8, 4) is 0 Å². The molecule has 0 aromatic carbocycles. The maximum Gasteiger partial charge on any atom is 0.217 e. The SMILES string of the molecule is CCC.CCC(N)=O.CCC(O)C(C)O. The highest BCUT2D eigenvalue weighted by atomic mass is 16.3. The lowest BCUT2D eigenvalue weighted by Gasteiger charge is -2.08. The van der Waals surface area contributed by atoms with E-state index in [9.17, 15) is 4.79 Å². The summed E-state index contributed by atoms with van der Waals surface area (Å²) >= 11 is 0. The van der Waals surface area contributed by atoms with Gasteiger partial charge in [-0.3, -0.25) is 4.79 Å². The van der Waals surface area contributed by atoms with Gasteiger partial charge in [-0.25, -0.2) is 0 Å². The molecule has 4 N–H and O–H groups in total. The number of nitrogens with two attached hydrogens (primary N) is 1. The Morgan fingerprint density at radius 3 is 1.47 bits per heavy atom. The second-order valence-corrected chi connectivity index (χ2v) is 3.24. The van der Waals surface area contributed by atoms with E-state index in [0.717, 1.165) is 0 Å². The van der Waals surface area contributed by atoms with Crippen molar-refractivity contribution in [3.63, 3.8) is 0 Å². The molecule has 1 amide bonds. The first kappa shape index (κ1) is 19.9. The summed E-state index contributed by atoms with van der Waals surface area (Å²) in [5, 5.41) is 17.3. The molecule has 0 bridgehead atoms. The summed E-state index contributed by atoms with van der Waals surface area (Å²) < 4.78 is 0. The van der Waals surface area contributed by atoms with Crippen LogP contribution in [0.2, 0.25) is 0 Å². The van der Waals surface area contributed by atoms with Gasteiger partial charge in [-0.05, 0) is 13.3 Å². The van der Waals surface area contributed by atoms with Crippen molar-refractivity contribution in [2.75, 3.05) is 0 Å². The van der Waals surface area contributed by atoms with Gasteiger partial charge in [0.25, 0.3) is 0 Å². The molecule has 0 aliphatic rings. The summed E-state index contributed by atoms with van der Waals surface area (Å²) in [6, 6.07) is 0. The van der Waals surface area contributed by atoms with Crippen LogP contribution in [0.5, 0.6) is 0 Å². The Morgan fingerprint density at radius 1 is 1.20 bits per heavy atom. The molecule has 0 saturated heterocycles. The average molecular weight is 221 g/mol. The van der Waals surface area contributed by atoms with E-state index in [0.29, 0.717) is 12.8 Å². The highest BCUT2D eigenvalue weighted by Gasteiger charge is 2.05. The Kier molecular flexibility index (Phi) is 21.0. The molecule has 0 rings (SSSR count). The van der Waals surface area contributed by atoms with Crippen molar-refractivity contribution in [1.82, 2.24) is 0 Å². The number of carbonyl (C=O) groups excluding carboxylic acids is 1. The van der Waals surface area contributed by atoms with E-state index in [-0.39, 0.29) is 5.91 Å². The van der Waals surface area contributed by atoms with Crippen LogP contribution >= 0.6 is 0 Å². The summed E-state index contributed by atoms with van der Waals surface area (Å²) in [7, 11) is 0. The van der Waals surface area contributed by atoms with Gasteiger partial charge in [0.1, 0.15) is 0 Å². The van der Waals surface area contributed by atoms with Crippen molar-refractivity contribution in [1.29, 1.82) is 0 Å². The van der Waals surface area contributed by atoms with Crippen LogP contribution in [-0.4, -0.2) is 28.3 Å². The molecule has 2 atom stereocenters. The van der Waals surface area contributed by atoms with Gasteiger partial charge in [0.2, 0.25) is 5.91 Å². The van der Waals surface area contributed by atoms with E-state index < -0.39 is 12.2 Å². The van der Waals surface area contributed by atoms with Crippen LogP contribution in [0, 0.1) is 0 Å². The van der Waals surface area contributed by atoms with Gasteiger partial charge in [-0.15, -0.1) is 0 Å². The molecular weight excluding hydrogens is 194 g/mol. The summed E-state index contributed by atoms with van der Waals surface area (Å²) in [6.45, 7) is 9.38. The van der Waals surface area contributed by atoms with Crippen LogP contribution in [0.4, 0.5) is 0 Å². The first-order chi connectivity index (χ1) is 6.87. The fraction of sp³-hybridized carbons (Fsp3) is 0.909. The monoisotopic (exact) mass is 221 g/mol. The topological polar surface area (TPSA) is 83.6 Å².